The summed E-state index contributed by atoms with van der Waals surface area (Å²) in [6, 6.07) is 12.2. The van der Waals surface area contributed by atoms with Crippen LogP contribution in [0.2, 0.25) is 0 Å². The minimum atomic E-state index is -0.252. The lowest BCUT2D eigenvalue weighted by molar-refractivity contribution is 0.0817. The normalized spacial score (nSPS) is 18.1. The van der Waals surface area contributed by atoms with E-state index in [-0.39, 0.29) is 17.9 Å². The number of fused-ring (bicyclic) bond motifs is 1. The summed E-state index contributed by atoms with van der Waals surface area (Å²) in [7, 11) is 0. The Morgan fingerprint density at radius 1 is 1.07 bits per heavy atom. The molecule has 2 heterocycles. The van der Waals surface area contributed by atoms with Crippen LogP contribution in [-0.2, 0) is 11.3 Å². The molecule has 29 heavy (non-hydrogen) atoms. The van der Waals surface area contributed by atoms with Gasteiger partial charge >= 0.3 is 6.03 Å². The van der Waals surface area contributed by atoms with E-state index in [2.05, 4.69) is 5.32 Å². The summed E-state index contributed by atoms with van der Waals surface area (Å²) in [5.74, 6) is 1.49. The molecule has 0 radical (unpaired) electrons. The molecule has 1 atom stereocenters. The lowest BCUT2D eigenvalue weighted by atomic mass is 10.1. The van der Waals surface area contributed by atoms with Crippen LogP contribution in [-0.4, -0.2) is 48.5 Å². The van der Waals surface area contributed by atoms with Gasteiger partial charge in [-0.05, 0) is 31.0 Å². The van der Waals surface area contributed by atoms with E-state index in [4.69, 9.17) is 14.2 Å². The van der Waals surface area contributed by atoms with Gasteiger partial charge in [0.05, 0.1) is 25.9 Å². The first-order valence-corrected chi connectivity index (χ1v) is 10.0. The van der Waals surface area contributed by atoms with Gasteiger partial charge in [0.25, 0.3) is 0 Å². The molecule has 2 amide bonds. The smallest absolute Gasteiger partial charge is 0.322 e. The number of rotatable bonds is 5. The molecule has 0 saturated carbocycles. The molecule has 2 aromatic carbocycles. The lowest BCUT2D eigenvalue weighted by Gasteiger charge is -2.26. The second-order valence-corrected chi connectivity index (χ2v) is 7.29. The SMILES string of the molecule is O=C(Nc1ccc2c(c1)OCCCO2)N(Cc1ccccc1O)C[C@H]1CCCO1. The van der Waals surface area contributed by atoms with Gasteiger partial charge in [-0.3, -0.25) is 0 Å². The minimum absolute atomic E-state index is 0.00961. The summed E-state index contributed by atoms with van der Waals surface area (Å²) in [5, 5.41) is 13.1. The van der Waals surface area contributed by atoms with E-state index in [0.717, 1.165) is 25.9 Å². The number of aromatic hydroxyl groups is 1. The van der Waals surface area contributed by atoms with Crippen molar-refractivity contribution < 1.29 is 24.1 Å². The molecule has 0 unspecified atom stereocenters. The highest BCUT2D eigenvalue weighted by Gasteiger charge is 2.24. The summed E-state index contributed by atoms with van der Waals surface area (Å²) in [4.78, 5) is 14.7. The molecular formula is C22H26N2O5. The Morgan fingerprint density at radius 2 is 1.90 bits per heavy atom. The molecular weight excluding hydrogens is 372 g/mol. The van der Waals surface area contributed by atoms with Crippen LogP contribution < -0.4 is 14.8 Å². The maximum atomic E-state index is 13.1. The summed E-state index contributed by atoms with van der Waals surface area (Å²) in [6.45, 7) is 2.68. The van der Waals surface area contributed by atoms with Crippen LogP contribution in [0.5, 0.6) is 17.2 Å². The number of para-hydroxylation sites is 1. The Hall–Kier alpha value is -2.93. The van der Waals surface area contributed by atoms with Gasteiger partial charge in [0.2, 0.25) is 0 Å². The largest absolute Gasteiger partial charge is 0.508 e. The van der Waals surface area contributed by atoms with Gasteiger partial charge in [0, 0.05) is 36.9 Å². The second kappa shape index (κ2) is 9.05. The van der Waals surface area contributed by atoms with Crippen molar-refractivity contribution in [3.05, 3.63) is 48.0 Å². The Balaban J connectivity index is 1.49. The van der Waals surface area contributed by atoms with E-state index >= 15 is 0 Å². The van der Waals surface area contributed by atoms with Crippen LogP contribution in [0.4, 0.5) is 10.5 Å². The van der Waals surface area contributed by atoms with E-state index in [1.165, 1.54) is 0 Å². The van der Waals surface area contributed by atoms with E-state index in [9.17, 15) is 9.90 Å². The van der Waals surface area contributed by atoms with Gasteiger partial charge < -0.3 is 29.5 Å². The fraction of sp³-hybridized carbons (Fsp3) is 0.409. The maximum absolute atomic E-state index is 13.1. The molecule has 0 aromatic heterocycles. The van der Waals surface area contributed by atoms with Gasteiger partial charge in [-0.2, -0.15) is 0 Å². The highest BCUT2D eigenvalue weighted by Crippen LogP contribution is 2.32. The third kappa shape index (κ3) is 4.92. The van der Waals surface area contributed by atoms with Crippen molar-refractivity contribution in [1.82, 2.24) is 4.90 Å². The van der Waals surface area contributed by atoms with Crippen molar-refractivity contribution in [2.75, 3.05) is 31.7 Å². The van der Waals surface area contributed by atoms with Crippen LogP contribution in [0.15, 0.2) is 42.5 Å². The van der Waals surface area contributed by atoms with Crippen LogP contribution in [0.3, 0.4) is 0 Å². The molecule has 7 nitrogen and oxygen atoms in total. The first-order valence-electron chi connectivity index (χ1n) is 10.0. The molecule has 2 aliphatic heterocycles. The number of ether oxygens (including phenoxy) is 3. The summed E-state index contributed by atoms with van der Waals surface area (Å²) < 4.78 is 17.1. The fourth-order valence-electron chi connectivity index (χ4n) is 3.55. The number of urea groups is 1. The van der Waals surface area contributed by atoms with Crippen LogP contribution >= 0.6 is 0 Å². The third-order valence-electron chi connectivity index (χ3n) is 5.09. The molecule has 2 N–H and O–H groups in total. The predicted octanol–water partition coefficient (Wildman–Crippen LogP) is 3.77. The number of phenolic OH excluding ortho intramolecular Hbond substituents is 1. The van der Waals surface area contributed by atoms with Crippen molar-refractivity contribution in [1.29, 1.82) is 0 Å². The Labute approximate surface area is 170 Å². The molecule has 7 heteroatoms. The number of amides is 2. The van der Waals surface area contributed by atoms with E-state index in [1.54, 1.807) is 29.2 Å². The van der Waals surface area contributed by atoms with E-state index in [0.29, 0.717) is 49.1 Å². The van der Waals surface area contributed by atoms with E-state index < -0.39 is 0 Å². The molecule has 1 saturated heterocycles. The average molecular weight is 398 g/mol. The average Bonchev–Trinajstić information content (AvgIpc) is 3.12. The van der Waals surface area contributed by atoms with Gasteiger partial charge in [-0.1, -0.05) is 18.2 Å². The standard InChI is InChI=1S/C22H26N2O5/c25-19-7-2-1-5-16(19)14-24(15-18-6-3-10-27-18)22(26)23-17-8-9-20-21(13-17)29-12-4-11-28-20/h1-2,5,7-9,13,18,25H,3-4,6,10-12,14-15H2,(H,23,26)/t18-/m1/s1. The summed E-state index contributed by atoms with van der Waals surface area (Å²) in [5.41, 5.74) is 1.33. The zero-order valence-corrected chi connectivity index (χ0v) is 16.3. The topological polar surface area (TPSA) is 80.3 Å². The Kier molecular flexibility index (Phi) is 6.05. The molecule has 2 aliphatic rings. The van der Waals surface area contributed by atoms with Gasteiger partial charge in [0.15, 0.2) is 11.5 Å². The third-order valence-corrected chi connectivity index (χ3v) is 5.09. The Bertz CT molecular complexity index is 851. The number of benzene rings is 2. The monoisotopic (exact) mass is 398 g/mol. The quantitative estimate of drug-likeness (QED) is 0.802. The molecule has 0 spiro atoms. The number of hydrogen-bond acceptors (Lipinski definition) is 5. The summed E-state index contributed by atoms with van der Waals surface area (Å²) >= 11 is 0. The van der Waals surface area contributed by atoms with Crippen molar-refractivity contribution in [3.8, 4) is 17.2 Å². The van der Waals surface area contributed by atoms with Crippen LogP contribution in [0, 0.1) is 0 Å². The number of hydrogen-bond donors (Lipinski definition) is 2. The van der Waals surface area contributed by atoms with Crippen LogP contribution in [0.1, 0.15) is 24.8 Å². The molecule has 154 valence electrons. The number of nitrogens with one attached hydrogen (secondary N) is 1. The number of anilines is 1. The number of carbonyl (C=O) groups is 1. The van der Waals surface area contributed by atoms with Crippen molar-refractivity contribution in [3.63, 3.8) is 0 Å². The fourth-order valence-corrected chi connectivity index (χ4v) is 3.55. The van der Waals surface area contributed by atoms with Gasteiger partial charge in [-0.15, -0.1) is 0 Å². The van der Waals surface area contributed by atoms with Crippen molar-refractivity contribution in [2.45, 2.75) is 31.9 Å². The predicted molar refractivity (Wildman–Crippen MR) is 109 cm³/mol. The number of carbonyl (C=O) groups excluding carboxylic acids is 1. The molecule has 0 aliphatic carbocycles. The van der Waals surface area contributed by atoms with E-state index in [1.807, 2.05) is 18.2 Å². The molecule has 1 fully saturated rings. The number of nitrogens with zero attached hydrogens (tertiary/aromatic N) is 1. The minimum Gasteiger partial charge on any atom is -0.508 e. The maximum Gasteiger partial charge on any atom is 0.322 e. The van der Waals surface area contributed by atoms with Gasteiger partial charge in [0.1, 0.15) is 5.75 Å². The molecule has 2 aromatic rings. The number of phenols is 1. The molecule has 0 bridgehead atoms. The first kappa shape index (κ1) is 19.4. The highest BCUT2D eigenvalue weighted by molar-refractivity contribution is 5.89. The van der Waals surface area contributed by atoms with Crippen LogP contribution in [0.25, 0.3) is 0 Å². The van der Waals surface area contributed by atoms with Crippen molar-refractivity contribution >= 4 is 11.7 Å². The summed E-state index contributed by atoms with van der Waals surface area (Å²) in [6.07, 6.45) is 2.76. The molecule has 4 rings (SSSR count). The Morgan fingerprint density at radius 3 is 2.69 bits per heavy atom. The zero-order chi connectivity index (χ0) is 20.1. The van der Waals surface area contributed by atoms with Gasteiger partial charge in [-0.25, -0.2) is 4.79 Å². The first-order chi connectivity index (χ1) is 14.2. The highest BCUT2D eigenvalue weighted by atomic mass is 16.5. The zero-order valence-electron chi connectivity index (χ0n) is 16.3. The van der Waals surface area contributed by atoms with Crippen molar-refractivity contribution in [2.24, 2.45) is 0 Å². The second-order valence-electron chi connectivity index (χ2n) is 7.29. The lowest BCUT2D eigenvalue weighted by Crippen LogP contribution is -2.39.